The average molecular weight is 299 g/mol. The van der Waals surface area contributed by atoms with E-state index in [9.17, 15) is 5.11 Å². The summed E-state index contributed by atoms with van der Waals surface area (Å²) in [6, 6.07) is 9.70. The molecule has 1 aromatic heterocycles. The fourth-order valence-electron chi connectivity index (χ4n) is 2.80. The summed E-state index contributed by atoms with van der Waals surface area (Å²) in [4.78, 5) is 2.16. The standard InChI is InChI=1S/C16H17N3O3/c20-12-5-7-19(8-6-12)16-4-2-13(17-18-16)11-1-3-14-15(9-11)22-10-21-14/h1-4,9,12,20H,5-8,10H2. The lowest BCUT2D eigenvalue weighted by Gasteiger charge is -2.30. The molecule has 2 aromatic rings. The topological polar surface area (TPSA) is 67.7 Å². The molecule has 0 radical (unpaired) electrons. The number of ether oxygens (including phenoxy) is 2. The molecule has 0 aliphatic carbocycles. The maximum atomic E-state index is 9.56. The van der Waals surface area contributed by atoms with Crippen molar-refractivity contribution in [3.8, 4) is 22.8 Å². The van der Waals surface area contributed by atoms with Gasteiger partial charge in [0.05, 0.1) is 11.8 Å². The third kappa shape index (κ3) is 2.46. The Kier molecular flexibility index (Phi) is 3.31. The van der Waals surface area contributed by atoms with Crippen molar-refractivity contribution in [3.63, 3.8) is 0 Å². The molecule has 6 nitrogen and oxygen atoms in total. The molecule has 1 aromatic carbocycles. The number of aliphatic hydroxyl groups is 1. The second-order valence-corrected chi connectivity index (χ2v) is 5.56. The average Bonchev–Trinajstić information content (AvgIpc) is 3.03. The van der Waals surface area contributed by atoms with E-state index in [0.717, 1.165) is 54.5 Å². The summed E-state index contributed by atoms with van der Waals surface area (Å²) < 4.78 is 10.7. The van der Waals surface area contributed by atoms with Gasteiger partial charge >= 0.3 is 0 Å². The minimum absolute atomic E-state index is 0.183. The van der Waals surface area contributed by atoms with Crippen LogP contribution in [0.2, 0.25) is 0 Å². The van der Waals surface area contributed by atoms with Crippen molar-refractivity contribution >= 4 is 5.82 Å². The van der Waals surface area contributed by atoms with Crippen LogP contribution in [0.15, 0.2) is 30.3 Å². The van der Waals surface area contributed by atoms with Crippen LogP contribution < -0.4 is 14.4 Å². The van der Waals surface area contributed by atoms with Gasteiger partial charge in [0, 0.05) is 18.7 Å². The van der Waals surface area contributed by atoms with Crippen LogP contribution in [0.1, 0.15) is 12.8 Å². The minimum atomic E-state index is -0.183. The molecule has 6 heteroatoms. The van der Waals surface area contributed by atoms with E-state index in [2.05, 4.69) is 15.1 Å². The van der Waals surface area contributed by atoms with Crippen molar-refractivity contribution in [2.45, 2.75) is 18.9 Å². The molecule has 1 fully saturated rings. The Labute approximate surface area is 128 Å². The first-order valence-corrected chi connectivity index (χ1v) is 7.46. The summed E-state index contributed by atoms with van der Waals surface area (Å²) in [6.45, 7) is 1.91. The van der Waals surface area contributed by atoms with E-state index >= 15 is 0 Å². The fourth-order valence-corrected chi connectivity index (χ4v) is 2.80. The maximum Gasteiger partial charge on any atom is 0.231 e. The molecule has 114 valence electrons. The number of nitrogens with zero attached hydrogens (tertiary/aromatic N) is 3. The van der Waals surface area contributed by atoms with E-state index in [1.165, 1.54) is 0 Å². The monoisotopic (exact) mass is 299 g/mol. The number of rotatable bonds is 2. The van der Waals surface area contributed by atoms with Crippen molar-refractivity contribution in [3.05, 3.63) is 30.3 Å². The third-order valence-corrected chi connectivity index (χ3v) is 4.11. The smallest absolute Gasteiger partial charge is 0.231 e. The SMILES string of the molecule is OC1CCN(c2ccc(-c3ccc4c(c3)OCO4)nn2)CC1. The largest absolute Gasteiger partial charge is 0.454 e. The number of piperidine rings is 1. The Balaban J connectivity index is 1.54. The number of hydrogen-bond acceptors (Lipinski definition) is 6. The maximum absolute atomic E-state index is 9.56. The van der Waals surface area contributed by atoms with Crippen LogP contribution in [-0.2, 0) is 0 Å². The Bertz CT molecular complexity index is 667. The zero-order chi connectivity index (χ0) is 14.9. The Morgan fingerprint density at radius 2 is 1.82 bits per heavy atom. The van der Waals surface area contributed by atoms with Gasteiger partial charge in [-0.3, -0.25) is 0 Å². The summed E-state index contributed by atoms with van der Waals surface area (Å²) in [5, 5.41) is 18.2. The summed E-state index contributed by atoms with van der Waals surface area (Å²) in [7, 11) is 0. The first-order chi connectivity index (χ1) is 10.8. The quantitative estimate of drug-likeness (QED) is 0.912. The number of aliphatic hydroxyl groups excluding tert-OH is 1. The highest BCUT2D eigenvalue weighted by atomic mass is 16.7. The molecule has 2 aliphatic heterocycles. The molecule has 0 unspecified atom stereocenters. The highest BCUT2D eigenvalue weighted by Crippen LogP contribution is 2.35. The van der Waals surface area contributed by atoms with Crippen molar-refractivity contribution in [2.24, 2.45) is 0 Å². The number of benzene rings is 1. The Hall–Kier alpha value is -2.34. The normalized spacial score (nSPS) is 17.8. The minimum Gasteiger partial charge on any atom is -0.454 e. The lowest BCUT2D eigenvalue weighted by atomic mass is 10.1. The van der Waals surface area contributed by atoms with Crippen LogP contribution in [0.5, 0.6) is 11.5 Å². The molecular weight excluding hydrogens is 282 g/mol. The van der Waals surface area contributed by atoms with Crippen molar-refractivity contribution in [2.75, 3.05) is 24.8 Å². The van der Waals surface area contributed by atoms with Crippen LogP contribution in [0.25, 0.3) is 11.3 Å². The molecule has 22 heavy (non-hydrogen) atoms. The van der Waals surface area contributed by atoms with Crippen molar-refractivity contribution in [1.29, 1.82) is 0 Å². The van der Waals surface area contributed by atoms with E-state index in [-0.39, 0.29) is 12.9 Å². The molecule has 0 amide bonds. The summed E-state index contributed by atoms with van der Waals surface area (Å²) in [6.07, 6.45) is 1.38. The van der Waals surface area contributed by atoms with Crippen molar-refractivity contribution in [1.82, 2.24) is 10.2 Å². The molecule has 4 rings (SSSR count). The second-order valence-electron chi connectivity index (χ2n) is 5.56. The van der Waals surface area contributed by atoms with Crippen LogP contribution in [0.4, 0.5) is 5.82 Å². The summed E-state index contributed by atoms with van der Waals surface area (Å²) in [5.74, 6) is 2.37. The predicted molar refractivity (Wildman–Crippen MR) is 81.0 cm³/mol. The lowest BCUT2D eigenvalue weighted by molar-refractivity contribution is 0.145. The van der Waals surface area contributed by atoms with E-state index in [0.29, 0.717) is 0 Å². The molecule has 3 heterocycles. The van der Waals surface area contributed by atoms with Gasteiger partial charge in [-0.25, -0.2) is 0 Å². The summed E-state index contributed by atoms with van der Waals surface area (Å²) in [5.41, 5.74) is 1.76. The molecule has 1 N–H and O–H groups in total. The highest BCUT2D eigenvalue weighted by Gasteiger charge is 2.19. The van der Waals surface area contributed by atoms with Crippen LogP contribution in [-0.4, -0.2) is 41.3 Å². The van der Waals surface area contributed by atoms with Gasteiger partial charge in [-0.05, 0) is 43.2 Å². The third-order valence-electron chi connectivity index (χ3n) is 4.11. The number of hydrogen-bond donors (Lipinski definition) is 1. The summed E-state index contributed by atoms with van der Waals surface area (Å²) >= 11 is 0. The molecule has 2 aliphatic rings. The van der Waals surface area contributed by atoms with E-state index < -0.39 is 0 Å². The van der Waals surface area contributed by atoms with E-state index in [1.54, 1.807) is 0 Å². The first kappa shape index (κ1) is 13.3. The van der Waals surface area contributed by atoms with Gasteiger partial charge in [0.1, 0.15) is 0 Å². The van der Waals surface area contributed by atoms with Gasteiger partial charge in [0.15, 0.2) is 17.3 Å². The van der Waals surface area contributed by atoms with Gasteiger partial charge in [0.2, 0.25) is 6.79 Å². The van der Waals surface area contributed by atoms with Crippen LogP contribution in [0, 0.1) is 0 Å². The molecular formula is C16H17N3O3. The Morgan fingerprint density at radius 3 is 2.59 bits per heavy atom. The Morgan fingerprint density at radius 1 is 1.00 bits per heavy atom. The molecule has 1 saturated heterocycles. The van der Waals surface area contributed by atoms with E-state index in [1.807, 2.05) is 30.3 Å². The van der Waals surface area contributed by atoms with Crippen LogP contribution in [0.3, 0.4) is 0 Å². The second kappa shape index (κ2) is 5.46. The van der Waals surface area contributed by atoms with Gasteiger partial charge in [0.25, 0.3) is 0 Å². The number of anilines is 1. The first-order valence-electron chi connectivity index (χ1n) is 7.46. The molecule has 0 saturated carbocycles. The van der Waals surface area contributed by atoms with Gasteiger partial charge in [-0.15, -0.1) is 10.2 Å². The van der Waals surface area contributed by atoms with E-state index in [4.69, 9.17) is 9.47 Å². The fraction of sp³-hybridized carbons (Fsp3) is 0.375. The highest BCUT2D eigenvalue weighted by molar-refractivity contribution is 5.64. The van der Waals surface area contributed by atoms with Gasteiger partial charge < -0.3 is 19.5 Å². The molecule has 0 atom stereocenters. The number of fused-ring (bicyclic) bond motifs is 1. The molecule has 0 spiro atoms. The van der Waals surface area contributed by atoms with Crippen LogP contribution >= 0.6 is 0 Å². The number of aromatic nitrogens is 2. The lowest BCUT2D eigenvalue weighted by Crippen LogP contribution is -2.36. The van der Waals surface area contributed by atoms with Gasteiger partial charge in [-0.2, -0.15) is 0 Å². The molecule has 0 bridgehead atoms. The predicted octanol–water partition coefficient (Wildman–Crippen LogP) is 1.83. The zero-order valence-corrected chi connectivity index (χ0v) is 12.1. The van der Waals surface area contributed by atoms with Crippen molar-refractivity contribution < 1.29 is 14.6 Å². The van der Waals surface area contributed by atoms with Gasteiger partial charge in [-0.1, -0.05) is 0 Å². The zero-order valence-electron chi connectivity index (χ0n) is 12.1.